The molecule has 80 valence electrons. The molecule has 0 saturated heterocycles. The fourth-order valence-electron chi connectivity index (χ4n) is 0.448. The van der Waals surface area contributed by atoms with Gasteiger partial charge in [0.2, 0.25) is 0 Å². The highest BCUT2D eigenvalue weighted by atomic mass is 16.4. The van der Waals surface area contributed by atoms with Crippen LogP contribution in [0.2, 0.25) is 0 Å². The Morgan fingerprint density at radius 1 is 1.43 bits per heavy atom. The number of aliphatic carboxylic acids is 1. The van der Waals surface area contributed by atoms with Crippen LogP contribution in [0.25, 0.3) is 0 Å². The highest BCUT2D eigenvalue weighted by Gasteiger charge is 1.95. The van der Waals surface area contributed by atoms with Crippen molar-refractivity contribution in [1.29, 1.82) is 0 Å². The van der Waals surface area contributed by atoms with Gasteiger partial charge in [-0.2, -0.15) is 0 Å². The Morgan fingerprint density at radius 3 is 2.07 bits per heavy atom. The predicted molar refractivity (Wildman–Crippen MR) is 61.3 cm³/mol. The standard InChI is InChI=1S/C7H12O2.C5H8/c1-3-4-5-6(2)7(8)9;1-4-5(2)3/h5H,3-4H2,1-2H3,(H,8,9);4H,1-2H2,3H3. The van der Waals surface area contributed by atoms with Crippen LogP contribution in [-0.4, -0.2) is 11.1 Å². The van der Waals surface area contributed by atoms with Crippen molar-refractivity contribution in [2.45, 2.75) is 33.6 Å². The quantitative estimate of drug-likeness (QED) is 0.551. The van der Waals surface area contributed by atoms with E-state index in [0.717, 1.165) is 18.4 Å². The van der Waals surface area contributed by atoms with Gasteiger partial charge < -0.3 is 5.11 Å². The van der Waals surface area contributed by atoms with E-state index in [1.807, 2.05) is 13.8 Å². The molecule has 0 aliphatic heterocycles. The van der Waals surface area contributed by atoms with Gasteiger partial charge in [0, 0.05) is 5.57 Å². The lowest BCUT2D eigenvalue weighted by Gasteiger charge is -1.89. The van der Waals surface area contributed by atoms with Crippen LogP contribution in [-0.2, 0) is 4.79 Å². The van der Waals surface area contributed by atoms with Crippen LogP contribution >= 0.6 is 0 Å². The second-order valence-electron chi connectivity index (χ2n) is 3.03. The number of hydrogen-bond acceptors (Lipinski definition) is 1. The van der Waals surface area contributed by atoms with Gasteiger partial charge in [-0.05, 0) is 20.3 Å². The first-order valence-electron chi connectivity index (χ1n) is 4.63. The summed E-state index contributed by atoms with van der Waals surface area (Å²) in [4.78, 5) is 10.1. The minimum absolute atomic E-state index is 0.442. The molecule has 0 aliphatic carbocycles. The van der Waals surface area contributed by atoms with E-state index in [4.69, 9.17) is 5.11 Å². The normalized spacial score (nSPS) is 9.79. The largest absolute Gasteiger partial charge is 0.478 e. The highest BCUT2D eigenvalue weighted by Crippen LogP contribution is 1.96. The summed E-state index contributed by atoms with van der Waals surface area (Å²) >= 11 is 0. The molecule has 0 aromatic heterocycles. The minimum Gasteiger partial charge on any atom is -0.478 e. The van der Waals surface area contributed by atoms with Crippen LogP contribution in [0.4, 0.5) is 0 Å². The van der Waals surface area contributed by atoms with Gasteiger partial charge in [-0.1, -0.05) is 44.2 Å². The summed E-state index contributed by atoms with van der Waals surface area (Å²) in [6.45, 7) is 12.6. The van der Waals surface area contributed by atoms with Gasteiger partial charge >= 0.3 is 5.97 Å². The van der Waals surface area contributed by atoms with Gasteiger partial charge in [0.05, 0.1) is 0 Å². The molecule has 0 aromatic rings. The average Bonchev–Trinajstić information content (AvgIpc) is 2.14. The Bertz CT molecular complexity index is 224. The van der Waals surface area contributed by atoms with E-state index in [0.29, 0.717) is 5.57 Å². The molecule has 0 unspecified atom stereocenters. The van der Waals surface area contributed by atoms with E-state index in [1.54, 1.807) is 19.1 Å². The van der Waals surface area contributed by atoms with E-state index in [1.165, 1.54) is 0 Å². The molecular formula is C12H20O2. The molecule has 0 bridgehead atoms. The number of carbonyl (C=O) groups is 1. The maximum absolute atomic E-state index is 10.1. The Morgan fingerprint density at radius 2 is 1.86 bits per heavy atom. The maximum Gasteiger partial charge on any atom is 0.330 e. The number of unbranched alkanes of at least 4 members (excludes halogenated alkanes) is 1. The van der Waals surface area contributed by atoms with Crippen molar-refractivity contribution in [3.63, 3.8) is 0 Å². The van der Waals surface area contributed by atoms with Crippen LogP contribution in [0.15, 0.2) is 36.5 Å². The van der Waals surface area contributed by atoms with Gasteiger partial charge in [-0.15, -0.1) is 0 Å². The Hall–Kier alpha value is -1.31. The number of carboxylic acids is 1. The van der Waals surface area contributed by atoms with Gasteiger partial charge in [-0.25, -0.2) is 4.79 Å². The van der Waals surface area contributed by atoms with Crippen LogP contribution in [0, 0.1) is 0 Å². The van der Waals surface area contributed by atoms with E-state index >= 15 is 0 Å². The Kier molecular flexibility index (Phi) is 10.6. The van der Waals surface area contributed by atoms with Crippen LogP contribution in [0.3, 0.4) is 0 Å². The van der Waals surface area contributed by atoms with Crippen molar-refractivity contribution in [3.8, 4) is 0 Å². The fraction of sp³-hybridized carbons (Fsp3) is 0.417. The number of carboxylic acid groups (broad SMARTS) is 1. The van der Waals surface area contributed by atoms with Crippen molar-refractivity contribution >= 4 is 5.97 Å². The van der Waals surface area contributed by atoms with Gasteiger partial charge in [0.25, 0.3) is 0 Å². The second kappa shape index (κ2) is 9.78. The summed E-state index contributed by atoms with van der Waals surface area (Å²) < 4.78 is 0. The third kappa shape index (κ3) is 13.3. The molecule has 0 heterocycles. The predicted octanol–water partition coefficient (Wildman–Crippen LogP) is 3.57. The Labute approximate surface area is 86.6 Å². The Balaban J connectivity index is 0. The average molecular weight is 196 g/mol. The zero-order chi connectivity index (χ0) is 11.6. The monoisotopic (exact) mass is 196 g/mol. The SMILES string of the molecule is C=CC(=C)C.CCCC=C(C)C(=O)O. The van der Waals surface area contributed by atoms with E-state index in [2.05, 4.69) is 13.2 Å². The lowest BCUT2D eigenvalue weighted by Crippen LogP contribution is -1.95. The van der Waals surface area contributed by atoms with Crippen LogP contribution in [0.5, 0.6) is 0 Å². The lowest BCUT2D eigenvalue weighted by atomic mass is 10.2. The maximum atomic E-state index is 10.1. The smallest absolute Gasteiger partial charge is 0.330 e. The fourth-order valence-corrected chi connectivity index (χ4v) is 0.448. The van der Waals surface area contributed by atoms with E-state index < -0.39 is 5.97 Å². The number of allylic oxidation sites excluding steroid dienone is 3. The molecule has 0 aliphatic rings. The molecule has 0 spiro atoms. The molecule has 0 fully saturated rings. The summed E-state index contributed by atoms with van der Waals surface area (Å²) in [7, 11) is 0. The van der Waals surface area contributed by atoms with Gasteiger partial charge in [-0.3, -0.25) is 0 Å². The molecular weight excluding hydrogens is 176 g/mol. The summed E-state index contributed by atoms with van der Waals surface area (Å²) in [5.74, 6) is -0.816. The molecule has 0 rings (SSSR count). The van der Waals surface area contributed by atoms with Gasteiger partial charge in [0.15, 0.2) is 0 Å². The van der Waals surface area contributed by atoms with Crippen molar-refractivity contribution in [1.82, 2.24) is 0 Å². The van der Waals surface area contributed by atoms with E-state index in [9.17, 15) is 4.79 Å². The zero-order valence-corrected chi connectivity index (χ0v) is 9.34. The molecule has 2 heteroatoms. The second-order valence-corrected chi connectivity index (χ2v) is 3.03. The molecule has 2 nitrogen and oxygen atoms in total. The molecule has 0 saturated carbocycles. The van der Waals surface area contributed by atoms with Crippen LogP contribution < -0.4 is 0 Å². The topological polar surface area (TPSA) is 37.3 Å². The van der Waals surface area contributed by atoms with Gasteiger partial charge in [0.1, 0.15) is 0 Å². The zero-order valence-electron chi connectivity index (χ0n) is 9.34. The third-order valence-electron chi connectivity index (χ3n) is 1.43. The molecule has 0 atom stereocenters. The van der Waals surface area contributed by atoms with E-state index in [-0.39, 0.29) is 0 Å². The van der Waals surface area contributed by atoms with Crippen LogP contribution in [0.1, 0.15) is 33.6 Å². The summed E-state index contributed by atoms with van der Waals surface area (Å²) in [5.41, 5.74) is 1.46. The molecule has 0 radical (unpaired) electrons. The first kappa shape index (κ1) is 15.2. The minimum atomic E-state index is -0.816. The first-order chi connectivity index (χ1) is 6.45. The number of hydrogen-bond donors (Lipinski definition) is 1. The molecule has 14 heavy (non-hydrogen) atoms. The summed E-state index contributed by atoms with van der Waals surface area (Å²) in [5, 5.41) is 8.34. The lowest BCUT2D eigenvalue weighted by molar-refractivity contribution is -0.132. The molecule has 0 aromatic carbocycles. The number of rotatable bonds is 4. The summed E-state index contributed by atoms with van der Waals surface area (Å²) in [6.07, 6.45) is 5.32. The molecule has 0 amide bonds. The van der Waals surface area contributed by atoms with Crippen molar-refractivity contribution < 1.29 is 9.90 Å². The third-order valence-corrected chi connectivity index (χ3v) is 1.43. The highest BCUT2D eigenvalue weighted by molar-refractivity contribution is 5.85. The molecule has 1 N–H and O–H groups in total. The first-order valence-corrected chi connectivity index (χ1v) is 4.63. The van der Waals surface area contributed by atoms with Crippen molar-refractivity contribution in [3.05, 3.63) is 36.5 Å². The summed E-state index contributed by atoms with van der Waals surface area (Å²) in [6, 6.07) is 0. The van der Waals surface area contributed by atoms with Crippen molar-refractivity contribution in [2.75, 3.05) is 0 Å². The van der Waals surface area contributed by atoms with Crippen molar-refractivity contribution in [2.24, 2.45) is 0 Å².